The Bertz CT molecular complexity index is 755. The highest BCUT2D eigenvalue weighted by molar-refractivity contribution is 6.44. The van der Waals surface area contributed by atoms with Crippen LogP contribution in [0.1, 0.15) is 50.7 Å². The molecule has 0 aliphatic carbocycles. The summed E-state index contributed by atoms with van der Waals surface area (Å²) in [6, 6.07) is 6.43. The number of hydrogen-bond acceptors (Lipinski definition) is 3. The molecule has 0 saturated carbocycles. The molecule has 0 spiro atoms. The normalized spacial score (nSPS) is 17.0. The third-order valence-electron chi connectivity index (χ3n) is 4.96. The van der Waals surface area contributed by atoms with E-state index in [1.165, 1.54) is 12.1 Å². The van der Waals surface area contributed by atoms with Crippen molar-refractivity contribution in [2.75, 3.05) is 20.1 Å². The van der Waals surface area contributed by atoms with Crippen molar-refractivity contribution < 1.29 is 9.18 Å². The molecule has 1 saturated heterocycles. The van der Waals surface area contributed by atoms with E-state index >= 15 is 0 Å². The summed E-state index contributed by atoms with van der Waals surface area (Å²) in [5.41, 5.74) is 1.96. The van der Waals surface area contributed by atoms with Crippen LogP contribution in [0.25, 0.3) is 5.57 Å². The van der Waals surface area contributed by atoms with Crippen molar-refractivity contribution in [2.45, 2.75) is 39.5 Å². The second-order valence-corrected chi connectivity index (χ2v) is 6.68. The lowest BCUT2D eigenvalue weighted by atomic mass is 9.90. The molecule has 1 unspecified atom stereocenters. The van der Waals surface area contributed by atoms with Crippen molar-refractivity contribution in [3.63, 3.8) is 0 Å². The molecular formula is C21H26FN3O. The van der Waals surface area contributed by atoms with Gasteiger partial charge in [-0.3, -0.25) is 9.79 Å². The van der Waals surface area contributed by atoms with Gasteiger partial charge in [-0.15, -0.1) is 0 Å². The van der Waals surface area contributed by atoms with Gasteiger partial charge in [0.1, 0.15) is 17.6 Å². The number of carbonyl (C=O) groups is 1. The Morgan fingerprint density at radius 2 is 2.08 bits per heavy atom. The Morgan fingerprint density at radius 3 is 2.62 bits per heavy atom. The molecule has 1 aromatic carbocycles. The first-order chi connectivity index (χ1) is 12.5. The summed E-state index contributed by atoms with van der Waals surface area (Å²) < 4.78 is 14.1. The molecule has 5 heteroatoms. The maximum Gasteiger partial charge on any atom is 0.271 e. The van der Waals surface area contributed by atoms with Crippen molar-refractivity contribution >= 4 is 17.2 Å². The Morgan fingerprint density at radius 1 is 1.38 bits per heavy atom. The summed E-state index contributed by atoms with van der Waals surface area (Å²) in [5, 5.41) is 8.93. The predicted octanol–water partition coefficient (Wildman–Crippen LogP) is 4.21. The number of amides is 1. The zero-order chi connectivity index (χ0) is 19.1. The number of likely N-dealkylation sites (tertiary alicyclic amines) is 1. The van der Waals surface area contributed by atoms with Crippen LogP contribution in [0.2, 0.25) is 0 Å². The van der Waals surface area contributed by atoms with Gasteiger partial charge in [-0.2, -0.15) is 5.26 Å². The number of nitrogens with zero attached hydrogens (tertiary/aromatic N) is 3. The Balaban J connectivity index is 2.39. The largest absolute Gasteiger partial charge is 0.337 e. The summed E-state index contributed by atoms with van der Waals surface area (Å²) in [4.78, 5) is 18.9. The number of rotatable bonds is 5. The van der Waals surface area contributed by atoms with Crippen LogP contribution in [-0.2, 0) is 4.79 Å². The first-order valence-corrected chi connectivity index (χ1v) is 9.19. The van der Waals surface area contributed by atoms with E-state index in [0.29, 0.717) is 11.3 Å². The average molecular weight is 355 g/mol. The van der Waals surface area contributed by atoms with Gasteiger partial charge in [0.2, 0.25) is 0 Å². The van der Waals surface area contributed by atoms with Gasteiger partial charge in [-0.05, 0) is 60.9 Å². The Hall–Kier alpha value is -2.48. The maximum atomic E-state index is 14.1. The molecular weight excluding hydrogens is 329 g/mol. The number of aliphatic imine (C=N–C) groups is 1. The summed E-state index contributed by atoms with van der Waals surface area (Å²) in [5.74, 6) is -0.480. The second kappa shape index (κ2) is 9.28. The number of halogens is 1. The van der Waals surface area contributed by atoms with Gasteiger partial charge < -0.3 is 4.90 Å². The first-order valence-electron chi connectivity index (χ1n) is 9.19. The highest BCUT2D eigenvalue weighted by Crippen LogP contribution is 2.27. The summed E-state index contributed by atoms with van der Waals surface area (Å²) in [6.07, 6.45) is 5.83. The molecule has 1 fully saturated rings. The van der Waals surface area contributed by atoms with Crippen molar-refractivity contribution in [3.05, 3.63) is 41.2 Å². The van der Waals surface area contributed by atoms with Crippen LogP contribution in [0.15, 0.2) is 29.3 Å². The molecule has 1 aliphatic heterocycles. The van der Waals surface area contributed by atoms with Gasteiger partial charge in [0, 0.05) is 20.1 Å². The predicted molar refractivity (Wildman–Crippen MR) is 102 cm³/mol. The van der Waals surface area contributed by atoms with Crippen LogP contribution in [0.3, 0.4) is 0 Å². The topological polar surface area (TPSA) is 56.5 Å². The van der Waals surface area contributed by atoms with E-state index in [2.05, 4.69) is 4.99 Å². The molecule has 1 aromatic rings. The lowest BCUT2D eigenvalue weighted by Gasteiger charge is -2.27. The molecule has 1 amide bonds. The number of allylic oxidation sites excluding steroid dienone is 1. The number of carbonyl (C=O) groups excluding carboxylic acids is 1. The standard InChI is InChI=1S/C21H26FN3O/c1-4-15(2)18(16-8-9-17(14-23)19(22)12-16)13-20(24-3)21(26)25-10-6-5-7-11-25/h8-9,12-13,15H,4-7,10-11H2,1-3H3/b18-13+,24-20?. The van der Waals surface area contributed by atoms with Gasteiger partial charge in [-0.1, -0.05) is 19.9 Å². The minimum atomic E-state index is -0.545. The van der Waals surface area contributed by atoms with E-state index in [-0.39, 0.29) is 17.4 Å². The van der Waals surface area contributed by atoms with E-state index < -0.39 is 5.82 Å². The minimum absolute atomic E-state index is 0.0195. The van der Waals surface area contributed by atoms with Gasteiger partial charge in [0.25, 0.3) is 5.91 Å². The second-order valence-electron chi connectivity index (χ2n) is 6.68. The fourth-order valence-electron chi connectivity index (χ4n) is 3.14. The molecule has 1 aliphatic rings. The smallest absolute Gasteiger partial charge is 0.271 e. The Labute approximate surface area is 155 Å². The van der Waals surface area contributed by atoms with E-state index in [4.69, 9.17) is 5.26 Å². The van der Waals surface area contributed by atoms with E-state index in [1.54, 1.807) is 19.2 Å². The van der Waals surface area contributed by atoms with Crippen LogP contribution in [0.5, 0.6) is 0 Å². The molecule has 1 atom stereocenters. The zero-order valence-corrected chi connectivity index (χ0v) is 15.8. The van der Waals surface area contributed by atoms with E-state index in [9.17, 15) is 9.18 Å². The fraction of sp³-hybridized carbons (Fsp3) is 0.476. The van der Waals surface area contributed by atoms with Gasteiger partial charge >= 0.3 is 0 Å². The van der Waals surface area contributed by atoms with Crippen LogP contribution < -0.4 is 0 Å². The van der Waals surface area contributed by atoms with E-state index in [0.717, 1.165) is 44.3 Å². The van der Waals surface area contributed by atoms with E-state index in [1.807, 2.05) is 24.8 Å². The fourth-order valence-corrected chi connectivity index (χ4v) is 3.14. The highest BCUT2D eigenvalue weighted by Gasteiger charge is 2.22. The zero-order valence-electron chi connectivity index (χ0n) is 15.8. The number of hydrogen-bond donors (Lipinski definition) is 0. The van der Waals surface area contributed by atoms with Crippen LogP contribution in [0.4, 0.5) is 4.39 Å². The molecule has 0 bridgehead atoms. The molecule has 1 heterocycles. The number of piperidine rings is 1. The minimum Gasteiger partial charge on any atom is -0.337 e. The third-order valence-corrected chi connectivity index (χ3v) is 4.96. The van der Waals surface area contributed by atoms with Crippen LogP contribution in [0, 0.1) is 23.1 Å². The molecule has 4 nitrogen and oxygen atoms in total. The van der Waals surface area contributed by atoms with Crippen LogP contribution in [-0.4, -0.2) is 36.7 Å². The highest BCUT2D eigenvalue weighted by atomic mass is 19.1. The van der Waals surface area contributed by atoms with Gasteiger partial charge in [0.05, 0.1) is 5.56 Å². The summed E-state index contributed by atoms with van der Waals surface area (Å²) >= 11 is 0. The SMILES string of the molecule is CCC(C)/C(=C\C(=NC)C(=O)N1CCCCC1)c1ccc(C#N)c(F)c1. The average Bonchev–Trinajstić information content (AvgIpc) is 2.68. The summed E-state index contributed by atoms with van der Waals surface area (Å²) in [6.45, 7) is 5.61. The number of nitriles is 1. The maximum absolute atomic E-state index is 14.1. The van der Waals surface area contributed by atoms with Gasteiger partial charge in [0.15, 0.2) is 0 Å². The molecule has 0 N–H and O–H groups in total. The van der Waals surface area contributed by atoms with Crippen molar-refractivity contribution in [2.24, 2.45) is 10.9 Å². The molecule has 26 heavy (non-hydrogen) atoms. The quantitative estimate of drug-likeness (QED) is 0.743. The monoisotopic (exact) mass is 355 g/mol. The lowest BCUT2D eigenvalue weighted by Crippen LogP contribution is -2.39. The lowest BCUT2D eigenvalue weighted by molar-refractivity contribution is -0.124. The molecule has 0 aromatic heterocycles. The van der Waals surface area contributed by atoms with Crippen molar-refractivity contribution in [3.8, 4) is 6.07 Å². The van der Waals surface area contributed by atoms with Crippen LogP contribution >= 0.6 is 0 Å². The first kappa shape index (κ1) is 19.8. The summed E-state index contributed by atoms with van der Waals surface area (Å²) in [7, 11) is 1.61. The number of benzene rings is 1. The van der Waals surface area contributed by atoms with Crippen molar-refractivity contribution in [1.82, 2.24) is 4.90 Å². The molecule has 2 rings (SSSR count). The Kier molecular flexibility index (Phi) is 7.08. The van der Waals surface area contributed by atoms with Gasteiger partial charge in [-0.25, -0.2) is 4.39 Å². The molecule has 0 radical (unpaired) electrons. The van der Waals surface area contributed by atoms with Crippen molar-refractivity contribution in [1.29, 1.82) is 5.26 Å². The third kappa shape index (κ3) is 4.57. The molecule has 138 valence electrons.